The number of rotatable bonds is 3. The smallest absolute Gasteiger partial charge is 0.128 e. The van der Waals surface area contributed by atoms with E-state index in [1.54, 1.807) is 0 Å². The summed E-state index contributed by atoms with van der Waals surface area (Å²) in [5, 5.41) is 0. The maximum atomic E-state index is 4.57. The van der Waals surface area contributed by atoms with Crippen LogP contribution >= 0.6 is 0 Å². The third-order valence-electron chi connectivity index (χ3n) is 4.39. The van der Waals surface area contributed by atoms with Gasteiger partial charge >= 0.3 is 0 Å². The Hall–Kier alpha value is -1.05. The molecule has 100 valence electrons. The van der Waals surface area contributed by atoms with E-state index in [4.69, 9.17) is 0 Å². The van der Waals surface area contributed by atoms with Crippen molar-refractivity contribution in [1.82, 2.24) is 4.98 Å². The van der Waals surface area contributed by atoms with Gasteiger partial charge < -0.3 is 4.90 Å². The molecular formula is C16H26N2. The molecule has 1 aliphatic heterocycles. The Morgan fingerprint density at radius 2 is 2.17 bits per heavy atom. The number of hydrogen-bond acceptors (Lipinski definition) is 2. The Balaban J connectivity index is 2.07. The van der Waals surface area contributed by atoms with Crippen molar-refractivity contribution in [2.75, 3.05) is 18.0 Å². The molecule has 2 atom stereocenters. The fourth-order valence-electron chi connectivity index (χ4n) is 3.22. The summed E-state index contributed by atoms with van der Waals surface area (Å²) in [5.74, 6) is 3.67. The first-order valence-corrected chi connectivity index (χ1v) is 7.29. The molecule has 18 heavy (non-hydrogen) atoms. The van der Waals surface area contributed by atoms with E-state index < -0.39 is 0 Å². The second kappa shape index (κ2) is 5.73. The Bertz CT molecular complexity index is 369. The largest absolute Gasteiger partial charge is 0.356 e. The lowest BCUT2D eigenvalue weighted by Crippen LogP contribution is -2.42. The van der Waals surface area contributed by atoms with E-state index in [-0.39, 0.29) is 0 Å². The molecule has 0 N–H and O–H groups in total. The van der Waals surface area contributed by atoms with E-state index in [0.717, 1.165) is 30.1 Å². The van der Waals surface area contributed by atoms with Gasteiger partial charge in [-0.3, -0.25) is 0 Å². The van der Waals surface area contributed by atoms with Gasteiger partial charge in [0.2, 0.25) is 0 Å². The minimum atomic E-state index is 0.808. The molecule has 0 amide bonds. The number of hydrogen-bond donors (Lipinski definition) is 0. The van der Waals surface area contributed by atoms with Crippen LogP contribution in [0.4, 0.5) is 5.82 Å². The van der Waals surface area contributed by atoms with Crippen molar-refractivity contribution in [3.63, 3.8) is 0 Å². The summed E-state index contributed by atoms with van der Waals surface area (Å²) < 4.78 is 0. The number of aromatic nitrogens is 1. The average Bonchev–Trinajstić information content (AvgIpc) is 2.38. The molecule has 0 aliphatic carbocycles. The van der Waals surface area contributed by atoms with Gasteiger partial charge in [-0.05, 0) is 42.7 Å². The van der Waals surface area contributed by atoms with E-state index >= 15 is 0 Å². The summed E-state index contributed by atoms with van der Waals surface area (Å²) in [7, 11) is 0. The molecule has 1 aliphatic rings. The Morgan fingerprint density at radius 3 is 2.72 bits per heavy atom. The minimum absolute atomic E-state index is 0.808. The molecule has 2 rings (SSSR count). The van der Waals surface area contributed by atoms with Crippen molar-refractivity contribution in [3.05, 3.63) is 23.9 Å². The van der Waals surface area contributed by atoms with Gasteiger partial charge in [0.15, 0.2) is 0 Å². The van der Waals surface area contributed by atoms with E-state index in [1.807, 2.05) is 6.20 Å². The number of piperidine rings is 1. The third-order valence-corrected chi connectivity index (χ3v) is 4.39. The monoisotopic (exact) mass is 246 g/mol. The minimum Gasteiger partial charge on any atom is -0.356 e. The van der Waals surface area contributed by atoms with Gasteiger partial charge in [-0.15, -0.1) is 0 Å². The van der Waals surface area contributed by atoms with Crippen LogP contribution in [0.15, 0.2) is 18.3 Å². The molecule has 0 spiro atoms. The van der Waals surface area contributed by atoms with Crippen LogP contribution in [0.3, 0.4) is 0 Å². The van der Waals surface area contributed by atoms with Crippen LogP contribution in [0.5, 0.6) is 0 Å². The lowest BCUT2D eigenvalue weighted by atomic mass is 9.77. The van der Waals surface area contributed by atoms with Crippen LogP contribution in [0.1, 0.15) is 39.2 Å². The summed E-state index contributed by atoms with van der Waals surface area (Å²) >= 11 is 0. The van der Waals surface area contributed by atoms with E-state index in [0.29, 0.717) is 0 Å². The number of anilines is 1. The zero-order valence-corrected chi connectivity index (χ0v) is 12.2. The summed E-state index contributed by atoms with van der Waals surface area (Å²) in [6, 6.07) is 4.33. The second-order valence-electron chi connectivity index (χ2n) is 6.00. The predicted molar refractivity (Wildman–Crippen MR) is 77.9 cm³/mol. The first kappa shape index (κ1) is 13.4. The van der Waals surface area contributed by atoms with Crippen molar-refractivity contribution in [1.29, 1.82) is 0 Å². The highest BCUT2D eigenvalue weighted by molar-refractivity contribution is 5.39. The highest BCUT2D eigenvalue weighted by Gasteiger charge is 2.30. The first-order chi connectivity index (χ1) is 8.61. The molecule has 2 unspecified atom stereocenters. The average molecular weight is 246 g/mol. The predicted octanol–water partition coefficient (Wildman–Crippen LogP) is 3.90. The summed E-state index contributed by atoms with van der Waals surface area (Å²) in [4.78, 5) is 7.03. The quantitative estimate of drug-likeness (QED) is 0.804. The van der Waals surface area contributed by atoms with E-state index in [9.17, 15) is 0 Å². The summed E-state index contributed by atoms with van der Waals surface area (Å²) in [5.41, 5.74) is 1.24. The standard InChI is InChI=1S/C16H26N2/c1-5-14-11-18(9-8-15(14)12(2)3)16-7-6-13(4)10-17-16/h6-7,10,12,14-15H,5,8-9,11H2,1-4H3. The highest BCUT2D eigenvalue weighted by Crippen LogP contribution is 2.33. The van der Waals surface area contributed by atoms with Gasteiger partial charge in [-0.1, -0.05) is 33.3 Å². The van der Waals surface area contributed by atoms with Gasteiger partial charge in [0.05, 0.1) is 0 Å². The highest BCUT2D eigenvalue weighted by atomic mass is 15.2. The third kappa shape index (κ3) is 2.85. The van der Waals surface area contributed by atoms with Crippen molar-refractivity contribution in [2.45, 2.75) is 40.5 Å². The zero-order valence-electron chi connectivity index (χ0n) is 12.2. The van der Waals surface area contributed by atoms with Crippen LogP contribution in [-0.2, 0) is 0 Å². The maximum absolute atomic E-state index is 4.57. The molecule has 1 aromatic heterocycles. The number of pyridine rings is 1. The van der Waals surface area contributed by atoms with Crippen LogP contribution < -0.4 is 4.90 Å². The van der Waals surface area contributed by atoms with E-state index in [2.05, 4.69) is 49.7 Å². The summed E-state index contributed by atoms with van der Waals surface area (Å²) in [6.07, 6.45) is 4.57. The Morgan fingerprint density at radius 1 is 1.39 bits per heavy atom. The number of aryl methyl sites for hydroxylation is 1. The fraction of sp³-hybridized carbons (Fsp3) is 0.688. The lowest BCUT2D eigenvalue weighted by molar-refractivity contribution is 0.207. The van der Waals surface area contributed by atoms with Gasteiger partial charge in [0.25, 0.3) is 0 Å². The molecule has 1 aromatic rings. The Kier molecular flexibility index (Phi) is 4.26. The van der Waals surface area contributed by atoms with Crippen LogP contribution in [0, 0.1) is 24.7 Å². The zero-order chi connectivity index (χ0) is 13.1. The molecule has 1 saturated heterocycles. The fourth-order valence-corrected chi connectivity index (χ4v) is 3.22. The molecule has 0 bridgehead atoms. The molecule has 2 heterocycles. The van der Waals surface area contributed by atoms with Crippen LogP contribution in [-0.4, -0.2) is 18.1 Å². The second-order valence-corrected chi connectivity index (χ2v) is 6.00. The first-order valence-electron chi connectivity index (χ1n) is 7.29. The van der Waals surface area contributed by atoms with Crippen LogP contribution in [0.25, 0.3) is 0 Å². The Labute approximate surface area is 111 Å². The molecule has 1 fully saturated rings. The van der Waals surface area contributed by atoms with Crippen molar-refractivity contribution in [2.24, 2.45) is 17.8 Å². The molecule has 2 nitrogen and oxygen atoms in total. The van der Waals surface area contributed by atoms with Crippen LogP contribution in [0.2, 0.25) is 0 Å². The van der Waals surface area contributed by atoms with Crippen molar-refractivity contribution >= 4 is 5.82 Å². The normalized spacial score (nSPS) is 24.6. The van der Waals surface area contributed by atoms with Crippen molar-refractivity contribution in [3.8, 4) is 0 Å². The molecular weight excluding hydrogens is 220 g/mol. The topological polar surface area (TPSA) is 16.1 Å². The van der Waals surface area contributed by atoms with Gasteiger partial charge in [0, 0.05) is 19.3 Å². The van der Waals surface area contributed by atoms with Gasteiger partial charge in [-0.25, -0.2) is 4.98 Å². The molecule has 0 aromatic carbocycles. The van der Waals surface area contributed by atoms with Crippen molar-refractivity contribution < 1.29 is 0 Å². The van der Waals surface area contributed by atoms with Gasteiger partial charge in [0.1, 0.15) is 5.82 Å². The van der Waals surface area contributed by atoms with Gasteiger partial charge in [-0.2, -0.15) is 0 Å². The SMILES string of the molecule is CCC1CN(c2ccc(C)cn2)CCC1C(C)C. The van der Waals surface area contributed by atoms with E-state index in [1.165, 1.54) is 24.9 Å². The molecule has 0 saturated carbocycles. The lowest BCUT2D eigenvalue weighted by Gasteiger charge is -2.40. The molecule has 0 radical (unpaired) electrons. The maximum Gasteiger partial charge on any atom is 0.128 e. The number of nitrogens with zero attached hydrogens (tertiary/aromatic N) is 2. The summed E-state index contributed by atoms with van der Waals surface area (Å²) in [6.45, 7) is 11.5. The molecule has 2 heteroatoms.